The maximum Gasteiger partial charge on any atom is 0.311 e. The smallest absolute Gasteiger partial charge is 0.311 e. The van der Waals surface area contributed by atoms with Gasteiger partial charge >= 0.3 is 5.69 Å². The standard InChI is InChI=1S/C14H21NO3S/c1-4-11-5-6-14(13(7-11)15(16)17)18-8-12(9-19)10(2)3/h5-7,10,12,19H,4,8-9H2,1-3H3. The summed E-state index contributed by atoms with van der Waals surface area (Å²) in [5.41, 5.74) is 0.981. The predicted molar refractivity (Wildman–Crippen MR) is 80.2 cm³/mol. The molecule has 0 aromatic heterocycles. The number of benzene rings is 1. The molecule has 1 unspecified atom stereocenters. The summed E-state index contributed by atoms with van der Waals surface area (Å²) < 4.78 is 5.62. The van der Waals surface area contributed by atoms with Crippen LogP contribution < -0.4 is 4.74 Å². The Kier molecular flexibility index (Phi) is 6.15. The van der Waals surface area contributed by atoms with Crippen molar-refractivity contribution in [2.45, 2.75) is 27.2 Å². The van der Waals surface area contributed by atoms with E-state index in [-0.39, 0.29) is 16.5 Å². The Bertz CT molecular complexity index is 435. The van der Waals surface area contributed by atoms with Crippen molar-refractivity contribution >= 4 is 18.3 Å². The van der Waals surface area contributed by atoms with Crippen LogP contribution in [0.5, 0.6) is 5.75 Å². The molecule has 0 amide bonds. The van der Waals surface area contributed by atoms with Gasteiger partial charge in [0.15, 0.2) is 5.75 Å². The van der Waals surface area contributed by atoms with Crippen LogP contribution in [0.3, 0.4) is 0 Å². The quantitative estimate of drug-likeness (QED) is 0.471. The molecule has 0 heterocycles. The van der Waals surface area contributed by atoms with E-state index in [1.807, 2.05) is 13.0 Å². The van der Waals surface area contributed by atoms with Crippen LogP contribution in [-0.2, 0) is 6.42 Å². The number of nitro benzene ring substituents is 1. The summed E-state index contributed by atoms with van der Waals surface area (Å²) in [5, 5.41) is 11.0. The molecule has 106 valence electrons. The second kappa shape index (κ2) is 7.38. The van der Waals surface area contributed by atoms with Crippen molar-refractivity contribution in [2.24, 2.45) is 11.8 Å². The third-order valence-electron chi connectivity index (χ3n) is 3.26. The normalized spacial score (nSPS) is 12.5. The average molecular weight is 283 g/mol. The molecule has 0 saturated carbocycles. The molecule has 1 aromatic rings. The van der Waals surface area contributed by atoms with E-state index in [1.54, 1.807) is 12.1 Å². The van der Waals surface area contributed by atoms with Gasteiger partial charge in [0.1, 0.15) is 0 Å². The summed E-state index contributed by atoms with van der Waals surface area (Å²) in [4.78, 5) is 10.7. The Balaban J connectivity index is 2.85. The first-order chi connectivity index (χ1) is 8.99. The fraction of sp³-hybridized carbons (Fsp3) is 0.571. The van der Waals surface area contributed by atoms with Gasteiger partial charge in [-0.25, -0.2) is 0 Å². The fourth-order valence-electron chi connectivity index (χ4n) is 1.70. The van der Waals surface area contributed by atoms with Crippen LogP contribution in [0.15, 0.2) is 18.2 Å². The number of rotatable bonds is 7. The van der Waals surface area contributed by atoms with Gasteiger partial charge in [0.05, 0.1) is 11.5 Å². The van der Waals surface area contributed by atoms with Crippen molar-refractivity contribution in [1.29, 1.82) is 0 Å². The van der Waals surface area contributed by atoms with Crippen molar-refractivity contribution in [3.8, 4) is 5.75 Å². The van der Waals surface area contributed by atoms with E-state index in [9.17, 15) is 10.1 Å². The highest BCUT2D eigenvalue weighted by Gasteiger charge is 2.18. The van der Waals surface area contributed by atoms with E-state index in [4.69, 9.17) is 4.74 Å². The lowest BCUT2D eigenvalue weighted by molar-refractivity contribution is -0.386. The molecule has 0 N–H and O–H groups in total. The average Bonchev–Trinajstić information content (AvgIpc) is 2.38. The van der Waals surface area contributed by atoms with Gasteiger partial charge in [0, 0.05) is 12.0 Å². The summed E-state index contributed by atoms with van der Waals surface area (Å²) in [6.07, 6.45) is 0.770. The zero-order chi connectivity index (χ0) is 14.4. The minimum atomic E-state index is -0.389. The number of hydrogen-bond acceptors (Lipinski definition) is 4. The predicted octanol–water partition coefficient (Wildman–Crippen LogP) is 3.74. The van der Waals surface area contributed by atoms with Gasteiger partial charge in [-0.1, -0.05) is 26.8 Å². The Labute approximate surface area is 119 Å². The number of nitro groups is 1. The van der Waals surface area contributed by atoms with Gasteiger partial charge in [-0.3, -0.25) is 10.1 Å². The molecule has 0 spiro atoms. The van der Waals surface area contributed by atoms with Crippen molar-refractivity contribution < 1.29 is 9.66 Å². The minimum absolute atomic E-state index is 0.0426. The maximum atomic E-state index is 11.0. The molecule has 0 radical (unpaired) electrons. The lowest BCUT2D eigenvalue weighted by Crippen LogP contribution is -2.19. The molecule has 0 aliphatic carbocycles. The highest BCUT2D eigenvalue weighted by Crippen LogP contribution is 2.29. The molecule has 1 rings (SSSR count). The van der Waals surface area contributed by atoms with Crippen LogP contribution in [0, 0.1) is 22.0 Å². The van der Waals surface area contributed by atoms with Gasteiger partial charge in [0.25, 0.3) is 0 Å². The lowest BCUT2D eigenvalue weighted by Gasteiger charge is -2.19. The Morgan fingerprint density at radius 3 is 2.58 bits per heavy atom. The molecular weight excluding hydrogens is 262 g/mol. The molecular formula is C14H21NO3S. The van der Waals surface area contributed by atoms with Crippen molar-refractivity contribution in [3.05, 3.63) is 33.9 Å². The Hall–Kier alpha value is -1.23. The number of aryl methyl sites for hydroxylation is 1. The van der Waals surface area contributed by atoms with E-state index in [1.165, 1.54) is 0 Å². The van der Waals surface area contributed by atoms with Crippen LogP contribution in [0.4, 0.5) is 5.69 Å². The second-order valence-electron chi connectivity index (χ2n) is 4.91. The van der Waals surface area contributed by atoms with Gasteiger partial charge in [0.2, 0.25) is 0 Å². The first kappa shape index (κ1) is 15.8. The van der Waals surface area contributed by atoms with Crippen LogP contribution in [-0.4, -0.2) is 17.3 Å². The molecule has 5 heteroatoms. The monoisotopic (exact) mass is 283 g/mol. The van der Waals surface area contributed by atoms with Crippen LogP contribution in [0.25, 0.3) is 0 Å². The van der Waals surface area contributed by atoms with Crippen molar-refractivity contribution in [1.82, 2.24) is 0 Å². The zero-order valence-electron chi connectivity index (χ0n) is 11.6. The van der Waals surface area contributed by atoms with Crippen LogP contribution in [0.2, 0.25) is 0 Å². The van der Waals surface area contributed by atoms with Crippen molar-refractivity contribution in [3.63, 3.8) is 0 Å². The molecule has 0 fully saturated rings. The number of hydrogen-bond donors (Lipinski definition) is 1. The zero-order valence-corrected chi connectivity index (χ0v) is 12.5. The lowest BCUT2D eigenvalue weighted by atomic mass is 9.99. The first-order valence-corrected chi connectivity index (χ1v) is 7.13. The minimum Gasteiger partial charge on any atom is -0.486 e. The Morgan fingerprint density at radius 1 is 1.42 bits per heavy atom. The third-order valence-corrected chi connectivity index (χ3v) is 3.73. The number of nitrogens with zero attached hydrogens (tertiary/aromatic N) is 1. The summed E-state index contributed by atoms with van der Waals surface area (Å²) in [7, 11) is 0. The van der Waals surface area contributed by atoms with E-state index < -0.39 is 0 Å². The first-order valence-electron chi connectivity index (χ1n) is 6.50. The molecule has 0 bridgehead atoms. The summed E-state index contributed by atoms with van der Waals surface area (Å²) in [6, 6.07) is 5.14. The highest BCUT2D eigenvalue weighted by molar-refractivity contribution is 7.80. The topological polar surface area (TPSA) is 52.4 Å². The fourth-order valence-corrected chi connectivity index (χ4v) is 2.23. The molecule has 1 aromatic carbocycles. The van der Waals surface area contributed by atoms with Crippen molar-refractivity contribution in [2.75, 3.05) is 12.4 Å². The van der Waals surface area contributed by atoms with Crippen LogP contribution >= 0.6 is 12.6 Å². The SMILES string of the molecule is CCc1ccc(OCC(CS)C(C)C)c([N+](=O)[O-])c1. The van der Waals surface area contributed by atoms with Gasteiger partial charge in [-0.05, 0) is 29.7 Å². The second-order valence-corrected chi connectivity index (χ2v) is 5.28. The third kappa shape index (κ3) is 4.42. The number of thiol groups is 1. The molecule has 1 atom stereocenters. The van der Waals surface area contributed by atoms with Gasteiger partial charge in [-0.15, -0.1) is 0 Å². The number of ether oxygens (including phenoxy) is 1. The summed E-state index contributed by atoms with van der Waals surface area (Å²) in [6.45, 7) is 6.61. The maximum absolute atomic E-state index is 11.0. The highest BCUT2D eigenvalue weighted by atomic mass is 32.1. The van der Waals surface area contributed by atoms with E-state index in [2.05, 4.69) is 26.5 Å². The largest absolute Gasteiger partial charge is 0.486 e. The summed E-state index contributed by atoms with van der Waals surface area (Å²) in [5.74, 6) is 1.77. The van der Waals surface area contributed by atoms with Gasteiger partial charge in [-0.2, -0.15) is 12.6 Å². The van der Waals surface area contributed by atoms with Gasteiger partial charge < -0.3 is 4.74 Å². The Morgan fingerprint density at radius 2 is 2.11 bits per heavy atom. The van der Waals surface area contributed by atoms with E-state index in [0.717, 1.165) is 12.0 Å². The summed E-state index contributed by atoms with van der Waals surface area (Å²) >= 11 is 4.29. The molecule has 4 nitrogen and oxygen atoms in total. The molecule has 0 aliphatic heterocycles. The van der Waals surface area contributed by atoms with E-state index in [0.29, 0.717) is 24.0 Å². The van der Waals surface area contributed by atoms with Crippen LogP contribution in [0.1, 0.15) is 26.3 Å². The molecule has 0 saturated heterocycles. The molecule has 19 heavy (non-hydrogen) atoms. The molecule has 0 aliphatic rings. The van der Waals surface area contributed by atoms with E-state index >= 15 is 0 Å².